The summed E-state index contributed by atoms with van der Waals surface area (Å²) in [5, 5.41) is 4.94. The van der Waals surface area contributed by atoms with Gasteiger partial charge in [0.25, 0.3) is 5.91 Å². The maximum atomic E-state index is 12.1. The van der Waals surface area contributed by atoms with Crippen molar-refractivity contribution in [1.82, 2.24) is 4.90 Å². The summed E-state index contributed by atoms with van der Waals surface area (Å²) >= 11 is 5.76. The number of rotatable bonds is 4. The fourth-order valence-corrected chi connectivity index (χ4v) is 3.64. The van der Waals surface area contributed by atoms with Crippen molar-refractivity contribution in [3.8, 4) is 0 Å². The molecule has 0 aromatic heterocycles. The maximum Gasteiger partial charge on any atom is 0.338 e. The summed E-state index contributed by atoms with van der Waals surface area (Å²) in [6.45, 7) is 2.97. The molecule has 1 amide bonds. The maximum absolute atomic E-state index is 12.1. The summed E-state index contributed by atoms with van der Waals surface area (Å²) in [5.74, 6) is -0.655. The van der Waals surface area contributed by atoms with E-state index in [1.807, 2.05) is 0 Å². The number of hydrogen-bond acceptors (Lipinski definition) is 5. The predicted molar refractivity (Wildman–Crippen MR) is 88.1 cm³/mol. The molecule has 0 aliphatic carbocycles. The van der Waals surface area contributed by atoms with Gasteiger partial charge < -0.3 is 9.64 Å². The average Bonchev–Trinajstić information content (AvgIpc) is 2.51. The number of halogens is 1. The molecule has 1 heterocycles. The normalized spacial score (nSPS) is 18.3. The van der Waals surface area contributed by atoms with Crippen molar-refractivity contribution in [1.29, 1.82) is 0 Å². The minimum Gasteiger partial charge on any atom is -0.452 e. The largest absolute Gasteiger partial charge is 0.452 e. The molecule has 9 heteroatoms. The molecule has 1 aromatic rings. The third kappa shape index (κ3) is 4.68. The van der Waals surface area contributed by atoms with Gasteiger partial charge in [-0.2, -0.15) is 0 Å². The van der Waals surface area contributed by atoms with E-state index < -0.39 is 16.0 Å². The summed E-state index contributed by atoms with van der Waals surface area (Å²) in [6.07, 6.45) is 2.00. The molecule has 1 fully saturated rings. The van der Waals surface area contributed by atoms with Crippen LogP contribution < -0.4 is 5.14 Å². The second-order valence-corrected chi connectivity index (χ2v) is 7.79. The van der Waals surface area contributed by atoms with E-state index >= 15 is 0 Å². The molecule has 1 saturated heterocycles. The van der Waals surface area contributed by atoms with E-state index in [2.05, 4.69) is 6.92 Å². The number of carbonyl (C=O) groups excluding carboxylic acids is 2. The van der Waals surface area contributed by atoms with Crippen LogP contribution in [0.2, 0.25) is 5.02 Å². The van der Waals surface area contributed by atoms with Crippen LogP contribution in [0.4, 0.5) is 0 Å². The first kappa shape index (κ1) is 18.7. The van der Waals surface area contributed by atoms with Crippen LogP contribution in [0.25, 0.3) is 0 Å². The number of nitrogens with zero attached hydrogens (tertiary/aromatic N) is 1. The molecule has 24 heavy (non-hydrogen) atoms. The van der Waals surface area contributed by atoms with Gasteiger partial charge >= 0.3 is 5.97 Å². The average molecular weight is 375 g/mol. The lowest BCUT2D eigenvalue weighted by atomic mass is 10.0. The molecule has 1 unspecified atom stereocenters. The van der Waals surface area contributed by atoms with Crippen LogP contribution in [0.5, 0.6) is 0 Å². The van der Waals surface area contributed by atoms with Gasteiger partial charge in [0.2, 0.25) is 10.0 Å². The van der Waals surface area contributed by atoms with Crippen LogP contribution in [0.15, 0.2) is 23.1 Å². The van der Waals surface area contributed by atoms with Crippen LogP contribution in [-0.4, -0.2) is 44.9 Å². The van der Waals surface area contributed by atoms with Gasteiger partial charge in [-0.3, -0.25) is 4.79 Å². The zero-order chi connectivity index (χ0) is 17.9. The molecule has 7 nitrogen and oxygen atoms in total. The fourth-order valence-electron chi connectivity index (χ4n) is 2.57. The number of likely N-dealkylation sites (tertiary alicyclic amines) is 1. The van der Waals surface area contributed by atoms with Gasteiger partial charge in [-0.05, 0) is 37.0 Å². The number of hydrogen-bond donors (Lipinski definition) is 1. The smallest absolute Gasteiger partial charge is 0.338 e. The third-order valence-electron chi connectivity index (χ3n) is 3.81. The Balaban J connectivity index is 2.01. The quantitative estimate of drug-likeness (QED) is 0.801. The summed E-state index contributed by atoms with van der Waals surface area (Å²) in [7, 11) is -4.06. The number of primary sulfonamides is 1. The first-order valence-corrected chi connectivity index (χ1v) is 9.38. The topological polar surface area (TPSA) is 107 Å². The second kappa shape index (κ2) is 7.50. The van der Waals surface area contributed by atoms with Gasteiger partial charge in [-0.15, -0.1) is 0 Å². The van der Waals surface area contributed by atoms with E-state index in [1.54, 1.807) is 4.90 Å². The highest BCUT2D eigenvalue weighted by Crippen LogP contribution is 2.22. The van der Waals surface area contributed by atoms with Crippen LogP contribution in [-0.2, 0) is 19.6 Å². The van der Waals surface area contributed by atoms with Crippen molar-refractivity contribution >= 4 is 33.5 Å². The Bertz CT molecular complexity index is 750. The van der Waals surface area contributed by atoms with Gasteiger partial charge in [0.05, 0.1) is 10.6 Å². The van der Waals surface area contributed by atoms with Gasteiger partial charge in [-0.25, -0.2) is 18.4 Å². The van der Waals surface area contributed by atoms with Gasteiger partial charge in [0.1, 0.15) is 4.90 Å². The predicted octanol–water partition coefficient (Wildman–Crippen LogP) is 1.40. The first-order valence-electron chi connectivity index (χ1n) is 7.45. The number of ether oxygens (including phenoxy) is 1. The zero-order valence-corrected chi connectivity index (χ0v) is 14.8. The van der Waals surface area contributed by atoms with E-state index in [-0.39, 0.29) is 28.0 Å². The van der Waals surface area contributed by atoms with Crippen LogP contribution in [0.1, 0.15) is 30.1 Å². The number of nitrogens with two attached hydrogens (primary N) is 1. The SMILES string of the molecule is CC1CCCN(C(=O)COC(=O)c2ccc(Cl)c(S(N)(=O)=O)c2)C1. The Morgan fingerprint density at radius 3 is 2.75 bits per heavy atom. The van der Waals surface area contributed by atoms with Crippen molar-refractivity contribution in [2.45, 2.75) is 24.7 Å². The summed E-state index contributed by atoms with van der Waals surface area (Å²) < 4.78 is 27.8. The second-order valence-electron chi connectivity index (χ2n) is 5.85. The van der Waals surface area contributed by atoms with E-state index in [0.29, 0.717) is 19.0 Å². The molecule has 1 aliphatic heterocycles. The lowest BCUT2D eigenvalue weighted by Gasteiger charge is -2.30. The van der Waals surface area contributed by atoms with Crippen molar-refractivity contribution in [3.05, 3.63) is 28.8 Å². The standard InChI is InChI=1S/C15H19ClN2O5S/c1-10-3-2-6-18(8-10)14(19)9-23-15(20)11-4-5-12(16)13(7-11)24(17,21)22/h4-5,7,10H,2-3,6,8-9H2,1H3,(H2,17,21,22). The van der Waals surface area contributed by atoms with Gasteiger partial charge in [-0.1, -0.05) is 18.5 Å². The third-order valence-corrected chi connectivity index (χ3v) is 5.20. The highest BCUT2D eigenvalue weighted by Gasteiger charge is 2.23. The number of carbonyl (C=O) groups is 2. The van der Waals surface area contributed by atoms with E-state index in [9.17, 15) is 18.0 Å². The van der Waals surface area contributed by atoms with Crippen LogP contribution >= 0.6 is 11.6 Å². The Morgan fingerprint density at radius 1 is 1.42 bits per heavy atom. The number of piperidine rings is 1. The lowest BCUT2D eigenvalue weighted by Crippen LogP contribution is -2.41. The number of sulfonamides is 1. The molecular weight excluding hydrogens is 356 g/mol. The van der Waals surface area contributed by atoms with Gasteiger partial charge in [0.15, 0.2) is 6.61 Å². The van der Waals surface area contributed by atoms with E-state index in [1.165, 1.54) is 12.1 Å². The lowest BCUT2D eigenvalue weighted by molar-refractivity contribution is -0.136. The Hall–Kier alpha value is -1.64. The molecule has 0 spiro atoms. The van der Waals surface area contributed by atoms with Crippen LogP contribution in [0, 0.1) is 5.92 Å². The summed E-state index contributed by atoms with van der Waals surface area (Å²) in [4.78, 5) is 25.4. The Morgan fingerprint density at radius 2 is 2.12 bits per heavy atom. The monoisotopic (exact) mass is 374 g/mol. The molecule has 2 N–H and O–H groups in total. The number of amides is 1. The van der Waals surface area contributed by atoms with Crippen molar-refractivity contribution < 1.29 is 22.7 Å². The molecule has 1 atom stereocenters. The fraction of sp³-hybridized carbons (Fsp3) is 0.467. The first-order chi connectivity index (χ1) is 11.2. The minimum atomic E-state index is -4.06. The Labute approximate surface area is 145 Å². The highest BCUT2D eigenvalue weighted by atomic mass is 35.5. The molecule has 0 bridgehead atoms. The molecule has 132 valence electrons. The number of benzene rings is 1. The van der Waals surface area contributed by atoms with E-state index in [4.69, 9.17) is 21.5 Å². The molecule has 2 rings (SSSR count). The summed E-state index contributed by atoms with van der Waals surface area (Å²) in [5.41, 5.74) is -0.0387. The highest BCUT2D eigenvalue weighted by molar-refractivity contribution is 7.89. The molecule has 0 saturated carbocycles. The molecule has 1 aromatic carbocycles. The van der Waals surface area contributed by atoms with E-state index in [0.717, 1.165) is 18.9 Å². The number of esters is 1. The van der Waals surface area contributed by atoms with Crippen molar-refractivity contribution in [2.24, 2.45) is 11.1 Å². The van der Waals surface area contributed by atoms with Crippen LogP contribution in [0.3, 0.4) is 0 Å². The molecular formula is C15H19ClN2O5S. The van der Waals surface area contributed by atoms with Crippen molar-refractivity contribution in [2.75, 3.05) is 19.7 Å². The zero-order valence-electron chi connectivity index (χ0n) is 13.2. The molecule has 1 aliphatic rings. The Kier molecular flexibility index (Phi) is 5.84. The minimum absolute atomic E-state index is 0.0387. The molecule has 0 radical (unpaired) electrons. The summed E-state index contributed by atoms with van der Waals surface area (Å²) in [6, 6.07) is 3.59. The van der Waals surface area contributed by atoms with Gasteiger partial charge in [0, 0.05) is 13.1 Å². The van der Waals surface area contributed by atoms with Crippen molar-refractivity contribution in [3.63, 3.8) is 0 Å².